The Labute approximate surface area is 138 Å². The van der Waals surface area contributed by atoms with Gasteiger partial charge < -0.3 is 15.7 Å². The van der Waals surface area contributed by atoms with Gasteiger partial charge in [-0.2, -0.15) is 0 Å². The van der Waals surface area contributed by atoms with E-state index < -0.39 is 11.5 Å². The zero-order chi connectivity index (χ0) is 17.3. The van der Waals surface area contributed by atoms with Crippen LogP contribution in [0, 0.1) is 0 Å². The smallest absolute Gasteiger partial charge is 0.261 e. The lowest BCUT2D eigenvalue weighted by molar-refractivity contribution is -0.133. The Kier molecular flexibility index (Phi) is 3.91. The molecule has 1 aliphatic rings. The molecule has 0 aliphatic carbocycles. The topological polar surface area (TPSA) is 95.5 Å². The Hall–Kier alpha value is -2.99. The molecule has 0 saturated heterocycles. The minimum absolute atomic E-state index is 0.206. The van der Waals surface area contributed by atoms with Crippen LogP contribution >= 0.6 is 0 Å². The van der Waals surface area contributed by atoms with Crippen LogP contribution in [-0.4, -0.2) is 22.7 Å². The second kappa shape index (κ2) is 5.90. The number of benzene rings is 2. The highest BCUT2D eigenvalue weighted by atomic mass is 16.3. The van der Waals surface area contributed by atoms with Gasteiger partial charge in [0.1, 0.15) is 0 Å². The van der Waals surface area contributed by atoms with Crippen molar-refractivity contribution in [2.75, 3.05) is 10.6 Å². The van der Waals surface area contributed by atoms with E-state index in [2.05, 4.69) is 10.6 Å². The van der Waals surface area contributed by atoms with Crippen molar-refractivity contribution in [3.63, 3.8) is 0 Å². The molecule has 0 aromatic heterocycles. The fourth-order valence-corrected chi connectivity index (χ4v) is 2.75. The average Bonchev–Trinajstić information content (AvgIpc) is 2.79. The van der Waals surface area contributed by atoms with Crippen LogP contribution in [0.4, 0.5) is 11.4 Å². The maximum absolute atomic E-state index is 12.5. The van der Waals surface area contributed by atoms with Gasteiger partial charge in [-0.25, -0.2) is 0 Å². The van der Waals surface area contributed by atoms with Crippen molar-refractivity contribution in [2.24, 2.45) is 0 Å². The van der Waals surface area contributed by atoms with E-state index in [0.717, 1.165) is 0 Å². The Bertz CT molecular complexity index is 829. The summed E-state index contributed by atoms with van der Waals surface area (Å²) < 4.78 is 0. The molecular weight excluding hydrogens is 308 g/mol. The van der Waals surface area contributed by atoms with Gasteiger partial charge in [0.15, 0.2) is 11.4 Å². The first kappa shape index (κ1) is 15.9. The molecule has 6 nitrogen and oxygen atoms in total. The Morgan fingerprint density at radius 2 is 1.79 bits per heavy atom. The van der Waals surface area contributed by atoms with Gasteiger partial charge in [0.25, 0.3) is 5.91 Å². The number of Topliss-reactive ketones (excluding diaryl/α,β-unsaturated/α-hetero) is 1. The molecule has 0 bridgehead atoms. The standard InChI is InChI=1S/C18H16N2O4/c1-11(21)19-13-8-6-12(7-9-13)16(22)10-18(24)14-4-2-3-5-15(14)20-17(18)23/h2-9,24H,10H2,1H3,(H,19,21)(H,20,23)/t18-/m0/s1. The molecule has 3 N–H and O–H groups in total. The molecule has 1 aliphatic heterocycles. The third-order valence-electron chi connectivity index (χ3n) is 3.94. The van der Waals surface area contributed by atoms with Gasteiger partial charge >= 0.3 is 0 Å². The molecular formula is C18H16N2O4. The molecule has 3 rings (SSSR count). The van der Waals surface area contributed by atoms with E-state index in [-0.39, 0.29) is 18.1 Å². The number of nitrogens with one attached hydrogen (secondary N) is 2. The minimum atomic E-state index is -1.87. The van der Waals surface area contributed by atoms with Gasteiger partial charge in [-0.05, 0) is 30.3 Å². The maximum atomic E-state index is 12.5. The fourth-order valence-electron chi connectivity index (χ4n) is 2.75. The summed E-state index contributed by atoms with van der Waals surface area (Å²) in [5.41, 5.74) is -0.0299. The van der Waals surface area contributed by atoms with Gasteiger partial charge in [0, 0.05) is 29.4 Å². The summed E-state index contributed by atoms with van der Waals surface area (Å²) in [6.45, 7) is 1.39. The molecule has 2 aromatic carbocycles. The van der Waals surface area contributed by atoms with Crippen LogP contribution in [0.2, 0.25) is 0 Å². The van der Waals surface area contributed by atoms with Crippen LogP contribution in [0.15, 0.2) is 48.5 Å². The minimum Gasteiger partial charge on any atom is -0.375 e. The number of fused-ring (bicyclic) bond motifs is 1. The number of ketones is 1. The zero-order valence-electron chi connectivity index (χ0n) is 13.0. The largest absolute Gasteiger partial charge is 0.375 e. The molecule has 2 amide bonds. The van der Waals surface area contributed by atoms with Crippen LogP contribution in [0.25, 0.3) is 0 Å². The Morgan fingerprint density at radius 1 is 1.12 bits per heavy atom. The van der Waals surface area contributed by atoms with E-state index in [9.17, 15) is 19.5 Å². The van der Waals surface area contributed by atoms with E-state index in [1.165, 1.54) is 6.92 Å². The number of anilines is 2. The number of aliphatic hydroxyl groups is 1. The lowest BCUT2D eigenvalue weighted by Crippen LogP contribution is -2.36. The summed E-state index contributed by atoms with van der Waals surface area (Å²) in [7, 11) is 0. The van der Waals surface area contributed by atoms with Crippen molar-refractivity contribution in [3.8, 4) is 0 Å². The van der Waals surface area contributed by atoms with Crippen molar-refractivity contribution in [2.45, 2.75) is 18.9 Å². The summed E-state index contributed by atoms with van der Waals surface area (Å²) in [6, 6.07) is 13.1. The number of amides is 2. The van der Waals surface area contributed by atoms with Crippen LogP contribution in [-0.2, 0) is 15.2 Å². The molecule has 0 unspecified atom stereocenters. The van der Waals surface area contributed by atoms with Gasteiger partial charge in [-0.1, -0.05) is 18.2 Å². The molecule has 1 heterocycles. The molecule has 6 heteroatoms. The van der Waals surface area contributed by atoms with E-state index in [1.54, 1.807) is 48.5 Å². The van der Waals surface area contributed by atoms with Gasteiger partial charge in [0.05, 0.1) is 6.42 Å². The van der Waals surface area contributed by atoms with Crippen molar-refractivity contribution in [3.05, 3.63) is 59.7 Å². The predicted octanol–water partition coefficient (Wildman–Crippen LogP) is 2.06. The lowest BCUT2D eigenvalue weighted by Gasteiger charge is -2.20. The highest BCUT2D eigenvalue weighted by molar-refractivity contribution is 6.09. The fraction of sp³-hybridized carbons (Fsp3) is 0.167. The Morgan fingerprint density at radius 3 is 2.46 bits per heavy atom. The molecule has 0 fully saturated rings. The summed E-state index contributed by atoms with van der Waals surface area (Å²) >= 11 is 0. The SMILES string of the molecule is CC(=O)Nc1ccc(C(=O)C[C@@]2(O)C(=O)Nc3ccccc32)cc1. The molecule has 0 saturated carbocycles. The van der Waals surface area contributed by atoms with E-state index in [4.69, 9.17) is 0 Å². The first-order valence-electron chi connectivity index (χ1n) is 7.44. The normalized spacial score (nSPS) is 18.7. The summed E-state index contributed by atoms with van der Waals surface area (Å²) in [4.78, 5) is 35.6. The van der Waals surface area contributed by atoms with Crippen LogP contribution < -0.4 is 10.6 Å². The first-order chi connectivity index (χ1) is 11.4. The highest BCUT2D eigenvalue weighted by Gasteiger charge is 2.46. The summed E-state index contributed by atoms with van der Waals surface area (Å²) in [6.07, 6.45) is -0.352. The molecule has 2 aromatic rings. The second-order valence-corrected chi connectivity index (χ2v) is 5.72. The van der Waals surface area contributed by atoms with E-state index in [0.29, 0.717) is 22.5 Å². The third-order valence-corrected chi connectivity index (χ3v) is 3.94. The van der Waals surface area contributed by atoms with Crippen molar-refractivity contribution in [1.29, 1.82) is 0 Å². The second-order valence-electron chi connectivity index (χ2n) is 5.72. The molecule has 1 atom stereocenters. The third kappa shape index (κ3) is 2.79. The van der Waals surface area contributed by atoms with E-state index >= 15 is 0 Å². The number of hydrogen-bond acceptors (Lipinski definition) is 4. The van der Waals surface area contributed by atoms with Crippen LogP contribution in [0.1, 0.15) is 29.3 Å². The summed E-state index contributed by atoms with van der Waals surface area (Å²) in [5.74, 6) is -1.17. The van der Waals surface area contributed by atoms with E-state index in [1.807, 2.05) is 0 Å². The number of para-hydroxylation sites is 1. The number of carbonyl (C=O) groups is 3. The molecule has 0 radical (unpaired) electrons. The predicted molar refractivity (Wildman–Crippen MR) is 88.7 cm³/mol. The number of hydrogen-bond donors (Lipinski definition) is 3. The van der Waals surface area contributed by atoms with Gasteiger partial charge in [0.2, 0.25) is 5.91 Å². The molecule has 122 valence electrons. The average molecular weight is 324 g/mol. The van der Waals surface area contributed by atoms with Crippen LogP contribution in [0.3, 0.4) is 0 Å². The maximum Gasteiger partial charge on any atom is 0.261 e. The van der Waals surface area contributed by atoms with Crippen molar-refractivity contribution in [1.82, 2.24) is 0 Å². The summed E-state index contributed by atoms with van der Waals surface area (Å²) in [5, 5.41) is 15.9. The van der Waals surface area contributed by atoms with Gasteiger partial charge in [-0.3, -0.25) is 14.4 Å². The number of carbonyl (C=O) groups excluding carboxylic acids is 3. The van der Waals surface area contributed by atoms with Gasteiger partial charge in [-0.15, -0.1) is 0 Å². The van der Waals surface area contributed by atoms with Crippen LogP contribution in [0.5, 0.6) is 0 Å². The lowest BCUT2D eigenvalue weighted by atomic mass is 9.88. The molecule has 0 spiro atoms. The highest BCUT2D eigenvalue weighted by Crippen LogP contribution is 2.38. The first-order valence-corrected chi connectivity index (χ1v) is 7.44. The quantitative estimate of drug-likeness (QED) is 0.750. The monoisotopic (exact) mass is 324 g/mol. The van der Waals surface area contributed by atoms with Crippen molar-refractivity contribution >= 4 is 29.0 Å². The Balaban J connectivity index is 1.82. The zero-order valence-corrected chi connectivity index (χ0v) is 13.0. The van der Waals surface area contributed by atoms with Crippen molar-refractivity contribution < 1.29 is 19.5 Å². The molecule has 24 heavy (non-hydrogen) atoms. The number of rotatable bonds is 4.